The second-order valence-electron chi connectivity index (χ2n) is 6.17. The summed E-state index contributed by atoms with van der Waals surface area (Å²) in [4.78, 5) is 13.5. The van der Waals surface area contributed by atoms with Gasteiger partial charge in [-0.3, -0.25) is 4.79 Å². The molecule has 0 saturated carbocycles. The summed E-state index contributed by atoms with van der Waals surface area (Å²) >= 11 is 0. The fourth-order valence-electron chi connectivity index (χ4n) is 1.51. The van der Waals surface area contributed by atoms with Crippen LogP contribution >= 0.6 is 0 Å². The molecule has 0 spiro atoms. The Labute approximate surface area is 106 Å². The van der Waals surface area contributed by atoms with Crippen LogP contribution in [-0.4, -0.2) is 51.9 Å². The molecule has 0 aliphatic carbocycles. The molecule has 1 aliphatic rings. The van der Waals surface area contributed by atoms with E-state index in [1.54, 1.807) is 0 Å². The first-order valence-corrected chi connectivity index (χ1v) is 9.27. The lowest BCUT2D eigenvalue weighted by Crippen LogP contribution is -2.50. The van der Waals surface area contributed by atoms with Crippen molar-refractivity contribution in [1.29, 1.82) is 0 Å². The van der Waals surface area contributed by atoms with Gasteiger partial charge in [0.2, 0.25) is 5.91 Å². The van der Waals surface area contributed by atoms with Crippen molar-refractivity contribution in [2.45, 2.75) is 38.9 Å². The molecule has 1 heterocycles. The summed E-state index contributed by atoms with van der Waals surface area (Å²) in [7, 11) is -1.67. The predicted molar refractivity (Wildman–Crippen MR) is 72.6 cm³/mol. The van der Waals surface area contributed by atoms with Crippen molar-refractivity contribution in [1.82, 2.24) is 10.2 Å². The highest BCUT2D eigenvalue weighted by atomic mass is 28.4. The minimum atomic E-state index is -1.67. The van der Waals surface area contributed by atoms with Gasteiger partial charge in [0, 0.05) is 19.6 Å². The molecule has 1 rings (SSSR count). The van der Waals surface area contributed by atoms with Crippen molar-refractivity contribution in [2.75, 3.05) is 32.8 Å². The molecule has 0 aromatic carbocycles. The van der Waals surface area contributed by atoms with Crippen LogP contribution in [0.15, 0.2) is 0 Å². The molecule has 17 heavy (non-hydrogen) atoms. The predicted octanol–water partition coefficient (Wildman–Crippen LogP) is 1.44. The van der Waals surface area contributed by atoms with Gasteiger partial charge in [0.15, 0.2) is 8.32 Å². The Bertz CT molecular complexity index is 274. The van der Waals surface area contributed by atoms with E-state index in [1.807, 2.05) is 4.90 Å². The van der Waals surface area contributed by atoms with Gasteiger partial charge in [0.25, 0.3) is 0 Å². The SMILES string of the molecule is CC(C)(C)[Si](C)(C)OCCN1CCNCC1=O. The van der Waals surface area contributed by atoms with Crippen LogP contribution in [0, 0.1) is 0 Å². The molecule has 1 saturated heterocycles. The van der Waals surface area contributed by atoms with E-state index in [4.69, 9.17) is 4.43 Å². The Morgan fingerprint density at radius 3 is 2.59 bits per heavy atom. The number of piperazine rings is 1. The molecule has 0 radical (unpaired) electrons. The quantitative estimate of drug-likeness (QED) is 0.776. The molecule has 4 nitrogen and oxygen atoms in total. The Morgan fingerprint density at radius 1 is 1.41 bits per heavy atom. The van der Waals surface area contributed by atoms with Gasteiger partial charge in [-0.2, -0.15) is 0 Å². The summed E-state index contributed by atoms with van der Waals surface area (Å²) in [5.74, 6) is 0.190. The zero-order valence-corrected chi connectivity index (χ0v) is 12.8. The summed E-state index contributed by atoms with van der Waals surface area (Å²) in [5.41, 5.74) is 0. The first-order chi connectivity index (χ1) is 7.74. The molecule has 1 aliphatic heterocycles. The molecule has 0 aromatic heterocycles. The van der Waals surface area contributed by atoms with E-state index in [0.717, 1.165) is 19.6 Å². The van der Waals surface area contributed by atoms with Crippen LogP contribution < -0.4 is 5.32 Å². The van der Waals surface area contributed by atoms with Gasteiger partial charge in [-0.15, -0.1) is 0 Å². The van der Waals surface area contributed by atoms with Crippen LogP contribution in [0.5, 0.6) is 0 Å². The number of amides is 1. The monoisotopic (exact) mass is 258 g/mol. The number of hydrogen-bond donors (Lipinski definition) is 1. The van der Waals surface area contributed by atoms with Crippen molar-refractivity contribution in [3.63, 3.8) is 0 Å². The van der Waals surface area contributed by atoms with E-state index < -0.39 is 8.32 Å². The number of nitrogens with one attached hydrogen (secondary N) is 1. The molecule has 1 amide bonds. The van der Waals surface area contributed by atoms with Gasteiger partial charge < -0.3 is 14.6 Å². The Kier molecular flexibility index (Phi) is 4.74. The number of hydrogen-bond acceptors (Lipinski definition) is 3. The first kappa shape index (κ1) is 14.7. The first-order valence-electron chi connectivity index (χ1n) is 6.36. The fraction of sp³-hybridized carbons (Fsp3) is 0.917. The number of carbonyl (C=O) groups is 1. The van der Waals surface area contributed by atoms with Crippen molar-refractivity contribution in [3.05, 3.63) is 0 Å². The zero-order chi connectivity index (χ0) is 13.1. The molecule has 0 atom stereocenters. The second kappa shape index (κ2) is 5.50. The second-order valence-corrected chi connectivity index (χ2v) is 11.0. The maximum absolute atomic E-state index is 11.6. The number of nitrogens with zero attached hydrogens (tertiary/aromatic N) is 1. The highest BCUT2D eigenvalue weighted by Crippen LogP contribution is 2.36. The van der Waals surface area contributed by atoms with E-state index in [1.165, 1.54) is 0 Å². The van der Waals surface area contributed by atoms with Crippen LogP contribution in [0.1, 0.15) is 20.8 Å². The summed E-state index contributed by atoms with van der Waals surface area (Å²) in [6.07, 6.45) is 0. The highest BCUT2D eigenvalue weighted by Gasteiger charge is 2.37. The number of rotatable bonds is 4. The topological polar surface area (TPSA) is 41.6 Å². The van der Waals surface area contributed by atoms with Crippen molar-refractivity contribution < 1.29 is 9.22 Å². The normalized spacial score (nSPS) is 18.6. The van der Waals surface area contributed by atoms with E-state index >= 15 is 0 Å². The molecule has 5 heteroatoms. The third-order valence-corrected chi connectivity index (χ3v) is 8.36. The average Bonchev–Trinajstić information content (AvgIpc) is 2.19. The molecule has 100 valence electrons. The van der Waals surface area contributed by atoms with Crippen LogP contribution in [-0.2, 0) is 9.22 Å². The van der Waals surface area contributed by atoms with E-state index in [0.29, 0.717) is 13.2 Å². The molecule has 1 fully saturated rings. The maximum atomic E-state index is 11.6. The molecule has 0 bridgehead atoms. The average molecular weight is 258 g/mol. The van der Waals surface area contributed by atoms with Gasteiger partial charge in [-0.25, -0.2) is 0 Å². The van der Waals surface area contributed by atoms with Crippen molar-refractivity contribution in [2.24, 2.45) is 0 Å². The van der Waals surface area contributed by atoms with Crippen molar-refractivity contribution in [3.8, 4) is 0 Å². The lowest BCUT2D eigenvalue weighted by molar-refractivity contribution is -0.132. The smallest absolute Gasteiger partial charge is 0.236 e. The highest BCUT2D eigenvalue weighted by molar-refractivity contribution is 6.74. The standard InChI is InChI=1S/C12H26N2O2Si/c1-12(2,3)17(4,5)16-9-8-14-7-6-13-10-11(14)15/h13H,6-10H2,1-5H3. The van der Waals surface area contributed by atoms with Crippen LogP contribution in [0.25, 0.3) is 0 Å². The van der Waals surface area contributed by atoms with Crippen molar-refractivity contribution >= 4 is 14.2 Å². The van der Waals surface area contributed by atoms with Gasteiger partial charge >= 0.3 is 0 Å². The third kappa shape index (κ3) is 4.08. The molecular weight excluding hydrogens is 232 g/mol. The molecule has 0 aromatic rings. The summed E-state index contributed by atoms with van der Waals surface area (Å²) in [6, 6.07) is 0. The van der Waals surface area contributed by atoms with E-state index in [2.05, 4.69) is 39.2 Å². The summed E-state index contributed by atoms with van der Waals surface area (Å²) in [6.45, 7) is 14.7. The minimum absolute atomic E-state index is 0.190. The summed E-state index contributed by atoms with van der Waals surface area (Å²) < 4.78 is 6.07. The van der Waals surface area contributed by atoms with Crippen LogP contribution in [0.3, 0.4) is 0 Å². The Hall–Kier alpha value is -0.393. The lowest BCUT2D eigenvalue weighted by atomic mass is 10.2. The van der Waals surface area contributed by atoms with Gasteiger partial charge in [-0.1, -0.05) is 20.8 Å². The molecule has 1 N–H and O–H groups in total. The van der Waals surface area contributed by atoms with Crippen LogP contribution in [0.4, 0.5) is 0 Å². The van der Waals surface area contributed by atoms with Gasteiger partial charge in [0.05, 0.1) is 13.2 Å². The van der Waals surface area contributed by atoms with E-state index in [-0.39, 0.29) is 10.9 Å². The van der Waals surface area contributed by atoms with E-state index in [9.17, 15) is 4.79 Å². The molecule has 0 unspecified atom stereocenters. The lowest BCUT2D eigenvalue weighted by Gasteiger charge is -2.37. The van der Waals surface area contributed by atoms with Gasteiger partial charge in [-0.05, 0) is 18.1 Å². The fourth-order valence-corrected chi connectivity index (χ4v) is 2.54. The summed E-state index contributed by atoms with van der Waals surface area (Å²) in [5, 5.41) is 3.31. The van der Waals surface area contributed by atoms with Gasteiger partial charge in [0.1, 0.15) is 0 Å². The largest absolute Gasteiger partial charge is 0.415 e. The maximum Gasteiger partial charge on any atom is 0.236 e. The Balaban J connectivity index is 2.34. The molecular formula is C12H26N2O2Si. The van der Waals surface area contributed by atoms with Crippen LogP contribution in [0.2, 0.25) is 18.1 Å². The third-order valence-electron chi connectivity index (χ3n) is 3.82. The minimum Gasteiger partial charge on any atom is -0.415 e. The number of carbonyl (C=O) groups excluding carboxylic acids is 1. The zero-order valence-electron chi connectivity index (χ0n) is 11.8. The Morgan fingerprint density at radius 2 is 2.06 bits per heavy atom.